The summed E-state index contributed by atoms with van der Waals surface area (Å²) in [6, 6.07) is 2.35. The Morgan fingerprint density at radius 3 is 2.33 bits per heavy atom. The van der Waals surface area contributed by atoms with Crippen LogP contribution in [0.3, 0.4) is 0 Å². The summed E-state index contributed by atoms with van der Waals surface area (Å²) in [5.41, 5.74) is 6.34. The van der Waals surface area contributed by atoms with Gasteiger partial charge >= 0.3 is 11.9 Å². The molecule has 0 heterocycles. The van der Waals surface area contributed by atoms with Crippen molar-refractivity contribution in [3.8, 4) is 5.75 Å². The minimum absolute atomic E-state index is 0.0682. The van der Waals surface area contributed by atoms with Crippen LogP contribution in [0.1, 0.15) is 12.5 Å². The molecule has 98 valence electrons. The van der Waals surface area contributed by atoms with E-state index in [1.165, 1.54) is 0 Å². The summed E-state index contributed by atoms with van der Waals surface area (Å²) in [4.78, 5) is 22.0. The fourth-order valence-corrected chi connectivity index (χ4v) is 2.57. The summed E-state index contributed by atoms with van der Waals surface area (Å²) in [6.07, 6.45) is 0.198. The van der Waals surface area contributed by atoms with Crippen molar-refractivity contribution in [1.82, 2.24) is 0 Å². The Hall–Kier alpha value is -0.920. The molecule has 0 aromatic heterocycles. The SMILES string of the molecule is CC(=O)OC(=O)[C@@H](N)Cc1cc(Br)c(O)c(Br)c1. The number of carbonyl (C=O) groups is 2. The third kappa shape index (κ3) is 4.08. The number of esters is 2. The Labute approximate surface area is 121 Å². The van der Waals surface area contributed by atoms with Crippen molar-refractivity contribution in [2.24, 2.45) is 5.73 Å². The molecule has 0 saturated carbocycles. The van der Waals surface area contributed by atoms with Crippen LogP contribution in [0.15, 0.2) is 21.1 Å². The first-order valence-electron chi connectivity index (χ1n) is 4.96. The van der Waals surface area contributed by atoms with E-state index in [0.29, 0.717) is 8.95 Å². The molecular formula is C11H11Br2NO4. The molecular weight excluding hydrogens is 370 g/mol. The number of benzene rings is 1. The lowest BCUT2D eigenvalue weighted by Gasteiger charge is -2.11. The molecule has 0 radical (unpaired) electrons. The summed E-state index contributed by atoms with van der Waals surface area (Å²) >= 11 is 6.35. The Morgan fingerprint density at radius 2 is 1.89 bits per heavy atom. The van der Waals surface area contributed by atoms with E-state index in [1.54, 1.807) is 12.1 Å². The van der Waals surface area contributed by atoms with E-state index in [-0.39, 0.29) is 12.2 Å². The predicted octanol–water partition coefficient (Wildman–Crippen LogP) is 1.88. The van der Waals surface area contributed by atoms with Crippen LogP contribution in [0.4, 0.5) is 0 Å². The number of phenolic OH excluding ortho intramolecular Hbond substituents is 1. The highest BCUT2D eigenvalue weighted by Gasteiger charge is 2.18. The van der Waals surface area contributed by atoms with E-state index in [9.17, 15) is 14.7 Å². The number of nitrogens with two attached hydrogens (primary N) is 1. The Kier molecular flexibility index (Phi) is 5.30. The minimum Gasteiger partial charge on any atom is -0.506 e. The second-order valence-electron chi connectivity index (χ2n) is 3.63. The Morgan fingerprint density at radius 1 is 1.39 bits per heavy atom. The van der Waals surface area contributed by atoms with Gasteiger partial charge in [-0.3, -0.25) is 4.79 Å². The van der Waals surface area contributed by atoms with Gasteiger partial charge in [-0.15, -0.1) is 0 Å². The van der Waals surface area contributed by atoms with Crippen LogP contribution in [0, 0.1) is 0 Å². The molecule has 0 fully saturated rings. The Balaban J connectivity index is 2.79. The van der Waals surface area contributed by atoms with Gasteiger partial charge in [-0.2, -0.15) is 0 Å². The smallest absolute Gasteiger partial charge is 0.330 e. The van der Waals surface area contributed by atoms with Gasteiger partial charge in [0, 0.05) is 6.92 Å². The molecule has 1 atom stereocenters. The summed E-state index contributed by atoms with van der Waals surface area (Å²) in [6.45, 7) is 1.14. The molecule has 5 nitrogen and oxygen atoms in total. The van der Waals surface area contributed by atoms with Crippen LogP contribution < -0.4 is 5.73 Å². The zero-order valence-electron chi connectivity index (χ0n) is 9.44. The zero-order chi connectivity index (χ0) is 13.9. The van der Waals surface area contributed by atoms with Gasteiger partial charge in [0.15, 0.2) is 0 Å². The lowest BCUT2D eigenvalue weighted by Crippen LogP contribution is -2.35. The summed E-state index contributed by atoms with van der Waals surface area (Å²) in [5, 5.41) is 9.53. The molecule has 7 heteroatoms. The predicted molar refractivity (Wildman–Crippen MR) is 72.0 cm³/mol. The van der Waals surface area contributed by atoms with Crippen molar-refractivity contribution < 1.29 is 19.4 Å². The highest BCUT2D eigenvalue weighted by Crippen LogP contribution is 2.33. The second kappa shape index (κ2) is 6.31. The largest absolute Gasteiger partial charge is 0.506 e. The molecule has 18 heavy (non-hydrogen) atoms. The Bertz CT molecular complexity index is 467. The summed E-state index contributed by atoms with van der Waals surface area (Å²) in [7, 11) is 0. The topological polar surface area (TPSA) is 89.6 Å². The first-order chi connectivity index (χ1) is 8.31. The van der Waals surface area contributed by atoms with Crippen LogP contribution in [0.2, 0.25) is 0 Å². The zero-order valence-corrected chi connectivity index (χ0v) is 12.6. The highest BCUT2D eigenvalue weighted by molar-refractivity contribution is 9.11. The first kappa shape index (κ1) is 15.1. The van der Waals surface area contributed by atoms with Crippen LogP contribution in [0.25, 0.3) is 0 Å². The van der Waals surface area contributed by atoms with Gasteiger partial charge in [0.1, 0.15) is 11.8 Å². The van der Waals surface area contributed by atoms with E-state index >= 15 is 0 Å². The molecule has 0 aliphatic carbocycles. The molecule has 0 unspecified atom stereocenters. The minimum atomic E-state index is -0.933. The number of carbonyl (C=O) groups excluding carboxylic acids is 2. The average molecular weight is 381 g/mol. The lowest BCUT2D eigenvalue weighted by atomic mass is 10.1. The van der Waals surface area contributed by atoms with Gasteiger partial charge < -0.3 is 15.6 Å². The number of halogens is 2. The van der Waals surface area contributed by atoms with Gasteiger partial charge in [-0.1, -0.05) is 0 Å². The molecule has 1 aromatic rings. The molecule has 0 saturated heterocycles. The van der Waals surface area contributed by atoms with Gasteiger partial charge in [0.2, 0.25) is 0 Å². The highest BCUT2D eigenvalue weighted by atomic mass is 79.9. The quantitative estimate of drug-likeness (QED) is 0.617. The standard InChI is InChI=1S/C11H11Br2NO4/c1-5(15)18-11(17)9(14)4-6-2-7(12)10(16)8(13)3-6/h2-3,9,16H,4,14H2,1H3/t9-/m0/s1. The fourth-order valence-electron chi connectivity index (χ4n) is 1.29. The monoisotopic (exact) mass is 379 g/mol. The lowest BCUT2D eigenvalue weighted by molar-refractivity contribution is -0.159. The molecule has 3 N–H and O–H groups in total. The third-order valence-corrected chi connectivity index (χ3v) is 3.29. The number of rotatable bonds is 3. The van der Waals surface area contributed by atoms with E-state index < -0.39 is 18.0 Å². The van der Waals surface area contributed by atoms with Gasteiger partial charge in [-0.05, 0) is 56.0 Å². The van der Waals surface area contributed by atoms with Gasteiger partial charge in [0.05, 0.1) is 8.95 Å². The van der Waals surface area contributed by atoms with Gasteiger partial charge in [-0.25, -0.2) is 4.79 Å². The average Bonchev–Trinajstić information content (AvgIpc) is 2.24. The van der Waals surface area contributed by atoms with Crippen molar-refractivity contribution in [1.29, 1.82) is 0 Å². The molecule has 0 aliphatic rings. The van der Waals surface area contributed by atoms with Crippen LogP contribution in [-0.2, 0) is 20.7 Å². The van der Waals surface area contributed by atoms with E-state index in [0.717, 1.165) is 12.5 Å². The van der Waals surface area contributed by atoms with Crippen molar-refractivity contribution in [2.75, 3.05) is 0 Å². The third-order valence-electron chi connectivity index (χ3n) is 2.08. The normalized spacial score (nSPS) is 12.0. The van der Waals surface area contributed by atoms with Crippen molar-refractivity contribution in [3.05, 3.63) is 26.6 Å². The maximum atomic E-state index is 11.4. The number of aromatic hydroxyl groups is 1. The van der Waals surface area contributed by atoms with Crippen molar-refractivity contribution >= 4 is 43.8 Å². The second-order valence-corrected chi connectivity index (χ2v) is 5.34. The van der Waals surface area contributed by atoms with Crippen LogP contribution in [0.5, 0.6) is 5.75 Å². The molecule has 0 aliphatic heterocycles. The maximum Gasteiger partial charge on any atom is 0.330 e. The number of ether oxygens (including phenoxy) is 1. The van der Waals surface area contributed by atoms with Crippen LogP contribution in [-0.4, -0.2) is 23.1 Å². The van der Waals surface area contributed by atoms with Crippen molar-refractivity contribution in [3.63, 3.8) is 0 Å². The van der Waals surface area contributed by atoms with Crippen LogP contribution >= 0.6 is 31.9 Å². The van der Waals surface area contributed by atoms with Gasteiger partial charge in [0.25, 0.3) is 0 Å². The van der Waals surface area contributed by atoms with E-state index in [2.05, 4.69) is 36.6 Å². The number of hydrogen-bond donors (Lipinski definition) is 2. The van der Waals surface area contributed by atoms with Crippen molar-refractivity contribution in [2.45, 2.75) is 19.4 Å². The maximum absolute atomic E-state index is 11.4. The van der Waals surface area contributed by atoms with E-state index in [1.807, 2.05) is 0 Å². The number of hydrogen-bond acceptors (Lipinski definition) is 5. The summed E-state index contributed by atoms with van der Waals surface area (Å²) < 4.78 is 5.36. The van der Waals surface area contributed by atoms with E-state index in [4.69, 9.17) is 5.73 Å². The summed E-state index contributed by atoms with van der Waals surface area (Å²) in [5.74, 6) is -1.40. The molecule has 1 aromatic carbocycles. The molecule has 0 bridgehead atoms. The molecule has 0 spiro atoms. The first-order valence-corrected chi connectivity index (χ1v) is 6.54. The number of phenols is 1. The fraction of sp³-hybridized carbons (Fsp3) is 0.273. The molecule has 1 rings (SSSR count). The molecule has 0 amide bonds.